The van der Waals surface area contributed by atoms with E-state index in [4.69, 9.17) is 10.4 Å². The average Bonchev–Trinajstić information content (AvgIpc) is 2.55. The van der Waals surface area contributed by atoms with E-state index in [0.717, 1.165) is 4.88 Å². The van der Waals surface area contributed by atoms with Gasteiger partial charge in [-0.15, -0.1) is 11.3 Å². The first-order valence-electron chi connectivity index (χ1n) is 4.16. The number of hydrogen-bond acceptors (Lipinski definition) is 4. The Kier molecular flexibility index (Phi) is 2.32. The molecule has 1 aromatic rings. The van der Waals surface area contributed by atoms with Gasteiger partial charge in [0, 0.05) is 18.0 Å². The van der Waals surface area contributed by atoms with Gasteiger partial charge in [-0.3, -0.25) is 4.90 Å². The summed E-state index contributed by atoms with van der Waals surface area (Å²) in [7, 11) is 0. The lowest BCUT2D eigenvalue weighted by Crippen LogP contribution is -2.51. The number of aliphatic hydroxyl groups excluding tert-OH is 1. The number of aliphatic hydroxyl groups is 1. The Bertz CT molecular complexity index is 311. The van der Waals surface area contributed by atoms with Gasteiger partial charge in [-0.05, 0) is 11.4 Å². The van der Waals surface area contributed by atoms with Crippen LogP contribution in [0.2, 0.25) is 0 Å². The number of likely N-dealkylation sites (tertiary alicyclic amines) is 1. The Morgan fingerprint density at radius 2 is 2.46 bits per heavy atom. The molecule has 0 aromatic carbocycles. The van der Waals surface area contributed by atoms with Crippen LogP contribution in [0.3, 0.4) is 0 Å². The van der Waals surface area contributed by atoms with Crippen molar-refractivity contribution in [2.45, 2.75) is 12.1 Å². The molecule has 0 aliphatic carbocycles. The maximum absolute atomic E-state index is 9.11. The number of rotatable bonds is 2. The second-order valence-corrected chi connectivity index (χ2v) is 4.13. The summed E-state index contributed by atoms with van der Waals surface area (Å²) in [6.45, 7) is 1.24. The van der Waals surface area contributed by atoms with Crippen LogP contribution in [0.25, 0.3) is 0 Å². The number of thiophene rings is 1. The van der Waals surface area contributed by atoms with E-state index in [1.165, 1.54) is 0 Å². The number of hydrogen-bond donors (Lipinski definition) is 1. The van der Waals surface area contributed by atoms with E-state index >= 15 is 0 Å². The van der Waals surface area contributed by atoms with E-state index in [1.54, 1.807) is 11.3 Å². The zero-order chi connectivity index (χ0) is 9.26. The molecule has 1 aliphatic heterocycles. The molecule has 0 saturated carbocycles. The maximum atomic E-state index is 9.11. The fraction of sp³-hybridized carbons (Fsp3) is 0.444. The van der Waals surface area contributed by atoms with Gasteiger partial charge in [0.15, 0.2) is 0 Å². The second kappa shape index (κ2) is 3.46. The van der Waals surface area contributed by atoms with Crippen LogP contribution < -0.4 is 0 Å². The Hall–Kier alpha value is -0.890. The molecule has 3 nitrogen and oxygen atoms in total. The Morgan fingerprint density at radius 3 is 2.92 bits per heavy atom. The monoisotopic (exact) mass is 194 g/mol. The van der Waals surface area contributed by atoms with E-state index in [2.05, 4.69) is 6.07 Å². The van der Waals surface area contributed by atoms with Crippen molar-refractivity contribution < 1.29 is 5.11 Å². The summed E-state index contributed by atoms with van der Waals surface area (Å²) in [5.74, 6) is 0. The third-order valence-corrected chi connectivity index (χ3v) is 3.12. The summed E-state index contributed by atoms with van der Waals surface area (Å²) in [6, 6.07) is 6.00. The Balaban J connectivity index is 2.08. The molecule has 1 aliphatic rings. The fourth-order valence-corrected chi connectivity index (χ4v) is 2.27. The largest absolute Gasteiger partial charge is 0.390 e. The molecule has 1 atom stereocenters. The molecule has 2 rings (SSSR count). The minimum Gasteiger partial charge on any atom is -0.390 e. The smallest absolute Gasteiger partial charge is 0.133 e. The molecule has 0 bridgehead atoms. The van der Waals surface area contributed by atoms with Crippen molar-refractivity contribution in [3.05, 3.63) is 22.4 Å². The Morgan fingerprint density at radius 1 is 1.69 bits per heavy atom. The highest BCUT2D eigenvalue weighted by atomic mass is 32.1. The molecule has 0 radical (unpaired) electrons. The third-order valence-electron chi connectivity index (χ3n) is 2.19. The van der Waals surface area contributed by atoms with Gasteiger partial charge in [0.1, 0.15) is 6.04 Å². The summed E-state index contributed by atoms with van der Waals surface area (Å²) in [5.41, 5.74) is 0. The molecule has 0 amide bonds. The number of β-amino-alcohol motifs (C(OH)–C–C–N with tert-alkyl or cyclic N) is 1. The van der Waals surface area contributed by atoms with Crippen LogP contribution >= 0.6 is 11.3 Å². The van der Waals surface area contributed by atoms with Crippen molar-refractivity contribution in [3.8, 4) is 6.07 Å². The minimum atomic E-state index is -0.240. The predicted molar refractivity (Wildman–Crippen MR) is 50.3 cm³/mol. The van der Waals surface area contributed by atoms with Crippen molar-refractivity contribution in [3.63, 3.8) is 0 Å². The van der Waals surface area contributed by atoms with Gasteiger partial charge in [-0.1, -0.05) is 6.07 Å². The van der Waals surface area contributed by atoms with Gasteiger partial charge < -0.3 is 5.11 Å². The van der Waals surface area contributed by atoms with Crippen LogP contribution in [0.1, 0.15) is 10.9 Å². The van der Waals surface area contributed by atoms with Gasteiger partial charge in [-0.25, -0.2) is 0 Å². The predicted octanol–water partition coefficient (Wildman–Crippen LogP) is 0.989. The van der Waals surface area contributed by atoms with Gasteiger partial charge >= 0.3 is 0 Å². The van der Waals surface area contributed by atoms with E-state index in [-0.39, 0.29) is 12.1 Å². The fourth-order valence-electron chi connectivity index (χ4n) is 1.47. The highest BCUT2D eigenvalue weighted by Crippen LogP contribution is 2.28. The normalized spacial score (nSPS) is 20.6. The van der Waals surface area contributed by atoms with Gasteiger partial charge in [-0.2, -0.15) is 5.26 Å². The second-order valence-electron chi connectivity index (χ2n) is 3.15. The van der Waals surface area contributed by atoms with Crippen LogP contribution in [0.5, 0.6) is 0 Å². The zero-order valence-electron chi connectivity index (χ0n) is 7.05. The highest BCUT2D eigenvalue weighted by Gasteiger charge is 2.32. The first-order valence-corrected chi connectivity index (χ1v) is 5.04. The molecular formula is C9H10N2OS. The van der Waals surface area contributed by atoms with Crippen molar-refractivity contribution in [2.24, 2.45) is 0 Å². The molecule has 68 valence electrons. The number of nitriles is 1. The van der Waals surface area contributed by atoms with Crippen LogP contribution in [0.15, 0.2) is 17.5 Å². The van der Waals surface area contributed by atoms with Crippen molar-refractivity contribution in [1.29, 1.82) is 5.26 Å². The van der Waals surface area contributed by atoms with E-state index in [0.29, 0.717) is 13.1 Å². The van der Waals surface area contributed by atoms with E-state index in [9.17, 15) is 0 Å². The summed E-state index contributed by atoms with van der Waals surface area (Å²) in [4.78, 5) is 3.05. The molecule has 0 spiro atoms. The van der Waals surface area contributed by atoms with Crippen molar-refractivity contribution >= 4 is 11.3 Å². The van der Waals surface area contributed by atoms with Crippen LogP contribution in [0.4, 0.5) is 0 Å². The lowest BCUT2D eigenvalue weighted by atomic mass is 10.1. The highest BCUT2D eigenvalue weighted by molar-refractivity contribution is 7.10. The van der Waals surface area contributed by atoms with Crippen LogP contribution in [0, 0.1) is 11.3 Å². The van der Waals surface area contributed by atoms with E-state index in [1.807, 2.05) is 22.4 Å². The average molecular weight is 194 g/mol. The summed E-state index contributed by atoms with van der Waals surface area (Å²) in [6.07, 6.45) is -0.240. The molecule has 2 heterocycles. The lowest BCUT2D eigenvalue weighted by molar-refractivity contribution is -0.0120. The van der Waals surface area contributed by atoms with Crippen LogP contribution in [-0.2, 0) is 0 Å². The molecule has 1 N–H and O–H groups in total. The molecule has 1 fully saturated rings. The molecular weight excluding hydrogens is 184 g/mol. The standard InChI is InChI=1S/C9H10N2OS/c10-4-8(9-2-1-3-13-9)11-5-7(12)6-11/h1-3,7-8,12H,5-6H2. The number of nitrogens with zero attached hydrogens (tertiary/aromatic N) is 2. The van der Waals surface area contributed by atoms with Gasteiger partial charge in [0.05, 0.1) is 12.2 Å². The summed E-state index contributed by atoms with van der Waals surface area (Å²) >= 11 is 1.59. The summed E-state index contributed by atoms with van der Waals surface area (Å²) in [5, 5.41) is 20.0. The Labute approximate surface area is 80.8 Å². The first-order chi connectivity index (χ1) is 6.31. The molecule has 13 heavy (non-hydrogen) atoms. The summed E-state index contributed by atoms with van der Waals surface area (Å²) < 4.78 is 0. The van der Waals surface area contributed by atoms with Crippen molar-refractivity contribution in [2.75, 3.05) is 13.1 Å². The third kappa shape index (κ3) is 1.59. The maximum Gasteiger partial charge on any atom is 0.133 e. The van der Waals surface area contributed by atoms with Gasteiger partial charge in [0.25, 0.3) is 0 Å². The van der Waals surface area contributed by atoms with Gasteiger partial charge in [0.2, 0.25) is 0 Å². The first kappa shape index (κ1) is 8.70. The lowest BCUT2D eigenvalue weighted by Gasteiger charge is -2.38. The molecule has 4 heteroatoms. The molecule has 1 unspecified atom stereocenters. The van der Waals surface area contributed by atoms with E-state index < -0.39 is 0 Å². The molecule has 1 saturated heterocycles. The topological polar surface area (TPSA) is 47.3 Å². The quantitative estimate of drug-likeness (QED) is 0.763. The SMILES string of the molecule is N#CC(c1cccs1)N1CC(O)C1. The minimum absolute atomic E-state index is 0.164. The zero-order valence-corrected chi connectivity index (χ0v) is 7.87. The molecule has 1 aromatic heterocycles. The van der Waals surface area contributed by atoms with Crippen LogP contribution in [-0.4, -0.2) is 29.2 Å². The van der Waals surface area contributed by atoms with Crippen molar-refractivity contribution in [1.82, 2.24) is 4.90 Å².